The van der Waals surface area contributed by atoms with Gasteiger partial charge < -0.3 is 14.7 Å². The van der Waals surface area contributed by atoms with Crippen molar-refractivity contribution in [3.8, 4) is 5.75 Å². The van der Waals surface area contributed by atoms with E-state index in [9.17, 15) is 18.0 Å². The van der Waals surface area contributed by atoms with Crippen molar-refractivity contribution in [2.24, 2.45) is 0 Å². The highest BCUT2D eigenvalue weighted by atomic mass is 19.4. The first-order chi connectivity index (χ1) is 14.6. The average Bonchev–Trinajstić information content (AvgIpc) is 3.09. The second-order valence-corrected chi connectivity index (χ2v) is 7.81. The highest BCUT2D eigenvalue weighted by molar-refractivity contribution is 5.79. The first-order valence-electron chi connectivity index (χ1n) is 10.2. The lowest BCUT2D eigenvalue weighted by Crippen LogP contribution is -2.57. The van der Waals surface area contributed by atoms with Crippen molar-refractivity contribution < 1.29 is 32.6 Å². The first-order valence-corrected chi connectivity index (χ1v) is 10.2. The number of nitrogens with zero attached hydrogens (tertiary/aromatic N) is 2. The number of amides is 1. The molecule has 2 fully saturated rings. The molecule has 2 saturated heterocycles. The molecule has 0 aliphatic carbocycles. The van der Waals surface area contributed by atoms with E-state index in [1.54, 1.807) is 7.11 Å². The van der Waals surface area contributed by atoms with Crippen LogP contribution in [0.3, 0.4) is 0 Å². The zero-order valence-corrected chi connectivity index (χ0v) is 17.7. The Bertz CT molecular complexity index is 784. The molecule has 9 heteroatoms. The van der Waals surface area contributed by atoms with E-state index in [1.807, 2.05) is 30.3 Å². The second-order valence-electron chi connectivity index (χ2n) is 7.81. The number of aliphatic carboxylic acids is 1. The summed E-state index contributed by atoms with van der Waals surface area (Å²) in [6.07, 6.45) is 2.08. The predicted molar refractivity (Wildman–Crippen MR) is 110 cm³/mol. The summed E-state index contributed by atoms with van der Waals surface area (Å²) in [6, 6.07) is 7.81. The topological polar surface area (TPSA) is 70.1 Å². The van der Waals surface area contributed by atoms with Crippen LogP contribution in [-0.2, 0) is 16.0 Å². The lowest BCUT2D eigenvalue weighted by Gasteiger charge is -2.46. The molecule has 1 spiro atoms. The van der Waals surface area contributed by atoms with Crippen molar-refractivity contribution in [1.82, 2.24) is 9.80 Å². The van der Waals surface area contributed by atoms with E-state index in [0.717, 1.165) is 43.9 Å². The van der Waals surface area contributed by atoms with Gasteiger partial charge in [0.25, 0.3) is 0 Å². The molecule has 6 nitrogen and oxygen atoms in total. The number of methoxy groups -OCH3 is 1. The van der Waals surface area contributed by atoms with Gasteiger partial charge in [0.1, 0.15) is 5.75 Å². The molecule has 172 valence electrons. The SMILES string of the molecule is C=CCN1CCCC12CCCN(C(=O)Cc1cccc(OC)c1)C2.O=C(O)C(F)(F)F. The fourth-order valence-corrected chi connectivity index (χ4v) is 4.29. The molecule has 0 radical (unpaired) electrons. The van der Waals surface area contributed by atoms with Crippen LogP contribution in [0.25, 0.3) is 0 Å². The molecular formula is C22H29F3N2O4. The van der Waals surface area contributed by atoms with Gasteiger partial charge in [-0.15, -0.1) is 6.58 Å². The summed E-state index contributed by atoms with van der Waals surface area (Å²) in [5.74, 6) is -1.72. The van der Waals surface area contributed by atoms with Gasteiger partial charge in [-0.05, 0) is 49.9 Å². The Kier molecular flexibility index (Phi) is 8.50. The van der Waals surface area contributed by atoms with Gasteiger partial charge in [0, 0.05) is 25.2 Å². The summed E-state index contributed by atoms with van der Waals surface area (Å²) in [5.41, 5.74) is 1.20. The van der Waals surface area contributed by atoms with E-state index in [4.69, 9.17) is 14.6 Å². The number of likely N-dealkylation sites (tertiary alicyclic amines) is 2. The fraction of sp³-hybridized carbons (Fsp3) is 0.545. The molecule has 31 heavy (non-hydrogen) atoms. The zero-order chi connectivity index (χ0) is 23.1. The molecule has 1 N–H and O–H groups in total. The maximum atomic E-state index is 12.8. The van der Waals surface area contributed by atoms with Crippen LogP contribution < -0.4 is 4.74 Å². The highest BCUT2D eigenvalue weighted by Crippen LogP contribution is 2.37. The van der Waals surface area contributed by atoms with Crippen molar-refractivity contribution in [2.75, 3.05) is 33.3 Å². The molecule has 1 aromatic carbocycles. The van der Waals surface area contributed by atoms with Crippen molar-refractivity contribution >= 4 is 11.9 Å². The van der Waals surface area contributed by atoms with E-state index in [1.165, 1.54) is 19.3 Å². The van der Waals surface area contributed by atoms with Crippen molar-refractivity contribution in [3.05, 3.63) is 42.5 Å². The minimum atomic E-state index is -5.08. The Labute approximate surface area is 180 Å². The lowest BCUT2D eigenvalue weighted by atomic mass is 9.86. The van der Waals surface area contributed by atoms with E-state index in [-0.39, 0.29) is 11.4 Å². The fourth-order valence-electron chi connectivity index (χ4n) is 4.29. The second kappa shape index (κ2) is 10.7. The maximum absolute atomic E-state index is 12.8. The number of benzene rings is 1. The summed E-state index contributed by atoms with van der Waals surface area (Å²) in [5, 5.41) is 7.12. The van der Waals surface area contributed by atoms with Crippen LogP contribution in [0.4, 0.5) is 13.2 Å². The van der Waals surface area contributed by atoms with Gasteiger partial charge in [-0.25, -0.2) is 4.79 Å². The number of piperidine rings is 1. The molecule has 0 bridgehead atoms. The molecule has 1 amide bonds. The Morgan fingerprint density at radius 1 is 1.26 bits per heavy atom. The molecule has 1 unspecified atom stereocenters. The smallest absolute Gasteiger partial charge is 0.490 e. The Balaban J connectivity index is 0.000000423. The largest absolute Gasteiger partial charge is 0.497 e. The average molecular weight is 442 g/mol. The molecule has 1 atom stereocenters. The number of ether oxygens (including phenoxy) is 1. The Morgan fingerprint density at radius 3 is 2.48 bits per heavy atom. The van der Waals surface area contributed by atoms with Crippen LogP contribution in [0.15, 0.2) is 36.9 Å². The van der Waals surface area contributed by atoms with Gasteiger partial charge in [-0.3, -0.25) is 9.69 Å². The maximum Gasteiger partial charge on any atom is 0.490 e. The molecule has 2 heterocycles. The predicted octanol–water partition coefficient (Wildman–Crippen LogP) is 3.51. The quantitative estimate of drug-likeness (QED) is 0.707. The van der Waals surface area contributed by atoms with Gasteiger partial charge in [-0.2, -0.15) is 13.2 Å². The number of carboxylic acid groups (broad SMARTS) is 1. The molecular weight excluding hydrogens is 413 g/mol. The number of carbonyl (C=O) groups excluding carboxylic acids is 1. The summed E-state index contributed by atoms with van der Waals surface area (Å²) < 4.78 is 37.0. The van der Waals surface area contributed by atoms with E-state index < -0.39 is 12.1 Å². The van der Waals surface area contributed by atoms with Crippen LogP contribution in [0, 0.1) is 0 Å². The number of halogens is 3. The molecule has 0 aromatic heterocycles. The number of carboxylic acids is 1. The normalized spacial score (nSPS) is 21.4. The standard InChI is InChI=1S/C20H28N2O2.C2HF3O2/c1-3-11-22-13-6-10-20(22)9-5-12-21(16-20)19(23)15-17-7-4-8-18(14-17)24-2;3-2(4,5)1(6)7/h3-4,7-8,14H,1,5-6,9-13,15-16H2,2H3;(H,6,7). The van der Waals surface area contributed by atoms with Crippen LogP contribution in [0.5, 0.6) is 5.75 Å². The Hall–Kier alpha value is -2.55. The number of rotatable bonds is 5. The Morgan fingerprint density at radius 2 is 1.90 bits per heavy atom. The van der Waals surface area contributed by atoms with Crippen molar-refractivity contribution in [1.29, 1.82) is 0 Å². The minimum absolute atomic E-state index is 0.177. The highest BCUT2D eigenvalue weighted by Gasteiger charge is 2.44. The van der Waals surface area contributed by atoms with Crippen LogP contribution in [0.2, 0.25) is 0 Å². The third kappa shape index (κ3) is 6.72. The summed E-state index contributed by atoms with van der Waals surface area (Å²) >= 11 is 0. The molecule has 2 aliphatic heterocycles. The number of hydrogen-bond donors (Lipinski definition) is 1. The van der Waals surface area contributed by atoms with Crippen LogP contribution in [0.1, 0.15) is 31.2 Å². The monoisotopic (exact) mass is 442 g/mol. The molecule has 1 aromatic rings. The third-order valence-corrected chi connectivity index (χ3v) is 5.73. The lowest BCUT2D eigenvalue weighted by molar-refractivity contribution is -0.192. The van der Waals surface area contributed by atoms with E-state index >= 15 is 0 Å². The summed E-state index contributed by atoms with van der Waals surface area (Å²) in [6.45, 7) is 7.70. The van der Waals surface area contributed by atoms with Gasteiger partial charge >= 0.3 is 12.1 Å². The van der Waals surface area contributed by atoms with Gasteiger partial charge in [0.2, 0.25) is 5.91 Å². The zero-order valence-electron chi connectivity index (χ0n) is 17.7. The van der Waals surface area contributed by atoms with Crippen LogP contribution in [-0.4, -0.2) is 71.8 Å². The summed E-state index contributed by atoms with van der Waals surface area (Å²) in [4.78, 5) is 26.3. The number of carbonyl (C=O) groups is 2. The van der Waals surface area contributed by atoms with Gasteiger partial charge in [-0.1, -0.05) is 18.2 Å². The first kappa shape index (κ1) is 24.7. The molecule has 0 saturated carbocycles. The van der Waals surface area contributed by atoms with Crippen molar-refractivity contribution in [3.63, 3.8) is 0 Å². The van der Waals surface area contributed by atoms with Gasteiger partial charge in [0.15, 0.2) is 0 Å². The van der Waals surface area contributed by atoms with E-state index in [0.29, 0.717) is 6.42 Å². The minimum Gasteiger partial charge on any atom is -0.497 e. The molecule has 2 aliphatic rings. The van der Waals surface area contributed by atoms with Crippen molar-refractivity contribution in [2.45, 2.75) is 43.8 Å². The number of hydrogen-bond acceptors (Lipinski definition) is 4. The third-order valence-electron chi connectivity index (χ3n) is 5.73. The van der Waals surface area contributed by atoms with E-state index in [2.05, 4.69) is 16.4 Å². The summed E-state index contributed by atoms with van der Waals surface area (Å²) in [7, 11) is 1.66. The van der Waals surface area contributed by atoms with Gasteiger partial charge in [0.05, 0.1) is 13.5 Å². The van der Waals surface area contributed by atoms with Crippen LogP contribution >= 0.6 is 0 Å². The number of alkyl halides is 3. The molecule has 3 rings (SSSR count).